The molecule has 2 aliphatic heterocycles. The molecule has 4 heterocycles. The first kappa shape index (κ1) is 52.0. The molecule has 5 aromatic rings. The minimum atomic E-state index is -5.00. The molecule has 0 radical (unpaired) electrons. The van der Waals surface area contributed by atoms with Crippen molar-refractivity contribution in [2.24, 2.45) is 5.92 Å². The van der Waals surface area contributed by atoms with Crippen LogP contribution >= 0.6 is 0 Å². The highest BCUT2D eigenvalue weighted by Gasteiger charge is 2.33. The van der Waals surface area contributed by atoms with E-state index in [4.69, 9.17) is 14.7 Å². The SMILES string of the molecule is CCN(CC)c1ccc2c(-c3ccc(S(=O)(=O)NCCNC(=O)c4ccc(Nc5nc(N(C)[C@H]6CN(C(=O)CC#N)CC[C@H]6C)c6cc[nH]c6n5)cc4)cc3S(=O)(=O)O)c3ccc(=[N+](CC)CC)cc-3oc2c1. The number of H-pyrrole nitrogens is 1. The quantitative estimate of drug-likeness (QED) is 0.0269. The number of aromatic amines is 1. The number of hydrogen-bond acceptors (Lipinski definition) is 13. The van der Waals surface area contributed by atoms with Crippen LogP contribution in [0, 0.1) is 17.2 Å². The van der Waals surface area contributed by atoms with Crippen molar-refractivity contribution in [3.63, 3.8) is 0 Å². The van der Waals surface area contributed by atoms with Crippen LogP contribution in [-0.2, 0) is 24.9 Å². The van der Waals surface area contributed by atoms with E-state index in [9.17, 15) is 31.0 Å². The number of rotatable bonds is 18. The molecule has 8 rings (SSSR count). The number of piperidine rings is 1. The van der Waals surface area contributed by atoms with Gasteiger partial charge >= 0.3 is 0 Å². The van der Waals surface area contributed by atoms with Gasteiger partial charge in [0.2, 0.25) is 27.2 Å². The van der Waals surface area contributed by atoms with E-state index in [1.807, 2.05) is 83.3 Å². The number of aromatic nitrogens is 3. The summed E-state index contributed by atoms with van der Waals surface area (Å²) in [5.41, 5.74) is 3.97. The predicted molar refractivity (Wildman–Crippen MR) is 282 cm³/mol. The van der Waals surface area contributed by atoms with Crippen LogP contribution in [0.5, 0.6) is 0 Å². The Labute approximate surface area is 424 Å². The van der Waals surface area contributed by atoms with E-state index in [0.717, 1.165) is 55.1 Å². The second kappa shape index (κ2) is 21.8. The molecule has 19 nitrogen and oxygen atoms in total. The summed E-state index contributed by atoms with van der Waals surface area (Å²) in [7, 11) is -7.43. The summed E-state index contributed by atoms with van der Waals surface area (Å²) in [5, 5.41) is 17.3. The van der Waals surface area contributed by atoms with Crippen molar-refractivity contribution in [3.05, 3.63) is 102 Å². The largest absolute Gasteiger partial charge is 0.456 e. The van der Waals surface area contributed by atoms with Crippen molar-refractivity contribution >= 4 is 77.1 Å². The minimum Gasteiger partial charge on any atom is -0.456 e. The molecule has 0 saturated carbocycles. The number of anilines is 4. The monoisotopic (exact) mass is 1030 g/mol. The Kier molecular flexibility index (Phi) is 15.5. The molecule has 1 saturated heterocycles. The smallest absolute Gasteiger partial charge is 0.295 e. The Hall–Kier alpha value is -7.38. The zero-order valence-corrected chi connectivity index (χ0v) is 43.3. The number of amides is 2. The van der Waals surface area contributed by atoms with Gasteiger partial charge in [0.25, 0.3) is 16.0 Å². The molecule has 1 aliphatic carbocycles. The first-order valence-corrected chi connectivity index (χ1v) is 27.2. The van der Waals surface area contributed by atoms with E-state index in [0.29, 0.717) is 69.6 Å². The fourth-order valence-electron chi connectivity index (χ4n) is 9.57. The van der Waals surface area contributed by atoms with Gasteiger partial charge in [0.15, 0.2) is 0 Å². The van der Waals surface area contributed by atoms with E-state index in [-0.39, 0.29) is 42.9 Å². The highest BCUT2D eigenvalue weighted by molar-refractivity contribution is 7.89. The number of likely N-dealkylation sites (tertiary alicyclic amines) is 1. The molecule has 0 spiro atoms. The van der Waals surface area contributed by atoms with Crippen LogP contribution in [0.2, 0.25) is 0 Å². The maximum atomic E-state index is 13.7. The topological polar surface area (TPSA) is 250 Å². The molecule has 0 unspecified atom stereocenters. The van der Waals surface area contributed by atoms with Gasteiger partial charge in [0, 0.05) is 104 Å². The fourth-order valence-corrected chi connectivity index (χ4v) is 11.4. The van der Waals surface area contributed by atoms with Crippen LogP contribution in [0.15, 0.2) is 105 Å². The molecule has 3 aromatic carbocycles. The van der Waals surface area contributed by atoms with Gasteiger partial charge in [-0.2, -0.15) is 23.6 Å². The van der Waals surface area contributed by atoms with E-state index in [1.54, 1.807) is 35.4 Å². The molecule has 73 heavy (non-hydrogen) atoms. The van der Waals surface area contributed by atoms with Crippen molar-refractivity contribution in [2.75, 3.05) is 74.5 Å². The number of nitriles is 1. The average molecular weight is 1030 g/mol. The van der Waals surface area contributed by atoms with Gasteiger partial charge in [-0.25, -0.2) is 17.7 Å². The minimum absolute atomic E-state index is 0.0610. The summed E-state index contributed by atoms with van der Waals surface area (Å²) in [6, 6.07) is 25.2. The molecule has 5 N–H and O–H groups in total. The highest BCUT2D eigenvalue weighted by Crippen LogP contribution is 2.43. The number of nitrogens with one attached hydrogen (secondary N) is 4. The first-order chi connectivity index (χ1) is 35.0. The lowest BCUT2D eigenvalue weighted by atomic mass is 9.92. The number of likely N-dealkylation sites (N-methyl/N-ethyl adjacent to an activating group) is 1. The number of sulfonamides is 1. The van der Waals surface area contributed by atoms with Gasteiger partial charge in [0.05, 0.1) is 28.5 Å². The Bertz CT molecular complexity index is 3510. The highest BCUT2D eigenvalue weighted by atomic mass is 32.2. The summed E-state index contributed by atoms with van der Waals surface area (Å²) in [5.74, 6) is 1.01. The Balaban J connectivity index is 0.965. The van der Waals surface area contributed by atoms with Crippen LogP contribution in [0.25, 0.3) is 44.5 Å². The van der Waals surface area contributed by atoms with Crippen LogP contribution in [0.1, 0.15) is 57.8 Å². The van der Waals surface area contributed by atoms with Crippen molar-refractivity contribution in [1.29, 1.82) is 5.26 Å². The van der Waals surface area contributed by atoms with Gasteiger partial charge in [-0.05, 0) is 101 Å². The fraction of sp³-hybridized carbons (Fsp3) is 0.346. The van der Waals surface area contributed by atoms with E-state index >= 15 is 0 Å². The van der Waals surface area contributed by atoms with Gasteiger partial charge in [0.1, 0.15) is 47.2 Å². The second-order valence-electron chi connectivity index (χ2n) is 17.9. The van der Waals surface area contributed by atoms with E-state index < -0.39 is 35.8 Å². The molecule has 21 heteroatoms. The summed E-state index contributed by atoms with van der Waals surface area (Å²) in [4.78, 5) is 43.4. The van der Waals surface area contributed by atoms with E-state index in [1.165, 1.54) is 12.1 Å². The molecule has 0 bridgehead atoms. The van der Waals surface area contributed by atoms with Crippen LogP contribution < -0.4 is 35.1 Å². The first-order valence-electron chi connectivity index (χ1n) is 24.3. The van der Waals surface area contributed by atoms with Crippen LogP contribution in [0.4, 0.5) is 23.1 Å². The van der Waals surface area contributed by atoms with Gasteiger partial charge in [-0.15, -0.1) is 0 Å². The Morgan fingerprint density at radius 1 is 0.918 bits per heavy atom. The third kappa shape index (κ3) is 11.0. The number of benzene rings is 4. The molecule has 1 fully saturated rings. The number of fused-ring (bicyclic) bond motifs is 3. The molecule has 3 aliphatic rings. The van der Waals surface area contributed by atoms with Gasteiger partial charge in [-0.1, -0.05) is 13.0 Å². The zero-order valence-electron chi connectivity index (χ0n) is 41.6. The van der Waals surface area contributed by atoms with Gasteiger partial charge in [-0.3, -0.25) is 14.1 Å². The standard InChI is InChI=1S/C52H59N11O8S2/c1-7-61(8-2)36-15-18-39-44(29-36)71-45-30-37(62(9-3)10-4)16-19-40(45)48(39)41-20-17-38(31-46(41)73(68,69)70)72(66,67)56-27-26-55-51(65)34-11-13-35(14-12-34)57-52-58-49-42(22-25-54-49)50(59-52)60(6)43-32-63(28-23-33(43)5)47(64)21-24-53/h11-20,22,25,29-31,33,43,56H,7-10,21,23,26-28,32H2,1-6H3,(H3-,54,55,57,58,59,65,68,69,70)/p+1/t33-,43+/m1/s1. The third-order valence-electron chi connectivity index (χ3n) is 13.6. The molecular formula is C52H60N11O8S2+. The summed E-state index contributed by atoms with van der Waals surface area (Å²) in [6.07, 6.45) is 2.39. The van der Waals surface area contributed by atoms with Crippen LogP contribution in [0.3, 0.4) is 0 Å². The van der Waals surface area contributed by atoms with Gasteiger partial charge < -0.3 is 34.7 Å². The van der Waals surface area contributed by atoms with Crippen molar-refractivity contribution in [3.8, 4) is 28.5 Å². The van der Waals surface area contributed by atoms with Crippen molar-refractivity contribution in [1.82, 2.24) is 34.5 Å². The zero-order chi connectivity index (χ0) is 52.2. The molecular weight excluding hydrogens is 971 g/mol. The predicted octanol–water partition coefficient (Wildman–Crippen LogP) is 6.42. The molecule has 2 amide bonds. The van der Waals surface area contributed by atoms with Crippen molar-refractivity contribution < 1.29 is 35.4 Å². The Morgan fingerprint density at radius 3 is 2.36 bits per heavy atom. The second-order valence-corrected chi connectivity index (χ2v) is 21.1. The lowest BCUT2D eigenvalue weighted by molar-refractivity contribution is -0.131. The lowest BCUT2D eigenvalue weighted by Crippen LogP contribution is -2.52. The normalized spacial score (nSPS) is 15.1. The third-order valence-corrected chi connectivity index (χ3v) is 15.9. The summed E-state index contributed by atoms with van der Waals surface area (Å²) in [6.45, 7) is 14.0. The summed E-state index contributed by atoms with van der Waals surface area (Å²) < 4.78 is 75.6. The molecule has 2 atom stereocenters. The molecule has 382 valence electrons. The lowest BCUT2D eigenvalue weighted by Gasteiger charge is -2.42. The maximum Gasteiger partial charge on any atom is 0.295 e. The number of carbonyl (C=O) groups is 2. The maximum absolute atomic E-state index is 13.7. The average Bonchev–Trinajstić information content (AvgIpc) is 3.86. The van der Waals surface area contributed by atoms with Crippen molar-refractivity contribution in [2.45, 2.75) is 63.3 Å². The summed E-state index contributed by atoms with van der Waals surface area (Å²) >= 11 is 0. The molecule has 2 aromatic heterocycles. The van der Waals surface area contributed by atoms with Crippen LogP contribution in [-0.4, -0.2) is 119 Å². The number of carbonyl (C=O) groups excluding carboxylic acids is 2. The van der Waals surface area contributed by atoms with E-state index in [2.05, 4.69) is 46.6 Å². The number of nitrogens with zero attached hydrogens (tertiary/aromatic N) is 7. The number of hydrogen-bond donors (Lipinski definition) is 5. The Morgan fingerprint density at radius 2 is 1.66 bits per heavy atom.